The Labute approximate surface area is 162 Å². The van der Waals surface area contributed by atoms with E-state index < -0.39 is 17.6 Å². The number of anilines is 1. The first-order valence-corrected chi connectivity index (χ1v) is 9.01. The molecule has 1 heterocycles. The number of carbonyl (C=O) groups excluding carboxylic acids is 1. The summed E-state index contributed by atoms with van der Waals surface area (Å²) in [4.78, 5) is 16.2. The molecule has 1 saturated heterocycles. The number of hydrogen-bond acceptors (Lipinski definition) is 5. The predicted octanol–water partition coefficient (Wildman–Crippen LogP) is 2.71. The van der Waals surface area contributed by atoms with Crippen molar-refractivity contribution in [2.24, 2.45) is 5.92 Å². The van der Waals surface area contributed by atoms with Crippen LogP contribution in [0.4, 0.5) is 18.9 Å². The van der Waals surface area contributed by atoms with E-state index in [4.69, 9.17) is 10.5 Å². The first-order valence-electron chi connectivity index (χ1n) is 9.01. The topological polar surface area (TPSA) is 83.2 Å². The molecule has 0 saturated carbocycles. The van der Waals surface area contributed by atoms with Gasteiger partial charge in [0.15, 0.2) is 0 Å². The second-order valence-corrected chi connectivity index (χ2v) is 6.69. The summed E-state index contributed by atoms with van der Waals surface area (Å²) in [6.45, 7) is 3.09. The van der Waals surface area contributed by atoms with Gasteiger partial charge in [0.2, 0.25) is 5.91 Å². The van der Waals surface area contributed by atoms with Crippen LogP contribution in [-0.2, 0) is 11.0 Å². The van der Waals surface area contributed by atoms with E-state index in [2.05, 4.69) is 16.3 Å². The minimum absolute atomic E-state index is 0.0101. The number of carbonyl (C=O) groups is 1. The van der Waals surface area contributed by atoms with Gasteiger partial charge in [-0.25, -0.2) is 0 Å². The van der Waals surface area contributed by atoms with Crippen molar-refractivity contribution in [3.63, 3.8) is 0 Å². The minimum atomic E-state index is -4.53. The van der Waals surface area contributed by atoms with Crippen molar-refractivity contribution < 1.29 is 18.0 Å². The van der Waals surface area contributed by atoms with E-state index >= 15 is 0 Å². The molecule has 1 amide bonds. The predicted molar refractivity (Wildman–Crippen MR) is 96.9 cm³/mol. The number of nitriles is 2. The Balaban J connectivity index is 1.82. The SMILES string of the molecule is N#CCC[C@H](C#N)CN1CCN(CC(=O)Nc2ccccc2C(F)(F)F)CC1. The molecule has 2 rings (SSSR count). The summed E-state index contributed by atoms with van der Waals surface area (Å²) in [6.07, 6.45) is -3.65. The number of piperazine rings is 1. The number of rotatable bonds is 7. The highest BCUT2D eigenvalue weighted by Crippen LogP contribution is 2.34. The van der Waals surface area contributed by atoms with E-state index in [0.717, 1.165) is 6.07 Å². The first kappa shape index (κ1) is 21.7. The molecule has 1 aliphatic rings. The van der Waals surface area contributed by atoms with Crippen molar-refractivity contribution in [3.05, 3.63) is 29.8 Å². The molecule has 0 bridgehead atoms. The second-order valence-electron chi connectivity index (χ2n) is 6.69. The fourth-order valence-electron chi connectivity index (χ4n) is 3.11. The van der Waals surface area contributed by atoms with Gasteiger partial charge in [0.25, 0.3) is 0 Å². The number of para-hydroxylation sites is 1. The van der Waals surface area contributed by atoms with Gasteiger partial charge in [0.1, 0.15) is 0 Å². The van der Waals surface area contributed by atoms with E-state index in [1.165, 1.54) is 18.2 Å². The molecule has 0 radical (unpaired) electrons. The van der Waals surface area contributed by atoms with Crippen molar-refractivity contribution in [2.45, 2.75) is 19.0 Å². The highest BCUT2D eigenvalue weighted by Gasteiger charge is 2.33. The van der Waals surface area contributed by atoms with Crippen molar-refractivity contribution >= 4 is 11.6 Å². The summed E-state index contributed by atoms with van der Waals surface area (Å²) in [5.74, 6) is -0.692. The Morgan fingerprint density at radius 2 is 1.79 bits per heavy atom. The van der Waals surface area contributed by atoms with E-state index in [1.807, 2.05) is 11.0 Å². The van der Waals surface area contributed by atoms with E-state index in [9.17, 15) is 18.0 Å². The van der Waals surface area contributed by atoms with Crippen LogP contribution < -0.4 is 5.32 Å². The van der Waals surface area contributed by atoms with Crippen LogP contribution in [0.3, 0.4) is 0 Å². The Bertz CT molecular complexity index is 745. The number of nitrogens with zero attached hydrogens (tertiary/aromatic N) is 4. The Kier molecular flexibility index (Phi) is 7.80. The zero-order valence-corrected chi connectivity index (χ0v) is 15.4. The molecule has 150 valence electrons. The van der Waals surface area contributed by atoms with E-state index in [1.54, 1.807) is 0 Å². The molecule has 28 heavy (non-hydrogen) atoms. The molecule has 9 heteroatoms. The zero-order valence-electron chi connectivity index (χ0n) is 15.4. The lowest BCUT2D eigenvalue weighted by Crippen LogP contribution is -2.49. The highest BCUT2D eigenvalue weighted by molar-refractivity contribution is 5.93. The van der Waals surface area contributed by atoms with Crippen LogP contribution in [0.2, 0.25) is 0 Å². The normalized spacial score (nSPS) is 16.8. The highest BCUT2D eigenvalue weighted by atomic mass is 19.4. The standard InChI is InChI=1S/C19H22F3N5O/c20-19(21,22)16-5-1-2-6-17(16)25-18(28)14-27-10-8-26(9-11-27)13-15(12-24)4-3-7-23/h1-2,5-6,15H,3-4,8-11,13-14H2,(H,25,28)/t15-/m1/s1. The Hall–Kier alpha value is -2.62. The molecule has 0 unspecified atom stereocenters. The molecular formula is C19H22F3N5O. The monoisotopic (exact) mass is 393 g/mol. The molecule has 0 aromatic heterocycles. The molecule has 1 aromatic carbocycles. The number of amides is 1. The van der Waals surface area contributed by atoms with Gasteiger partial charge in [-0.2, -0.15) is 23.7 Å². The van der Waals surface area contributed by atoms with Crippen LogP contribution in [0, 0.1) is 28.6 Å². The maximum absolute atomic E-state index is 13.0. The van der Waals surface area contributed by atoms with Crippen LogP contribution in [0.25, 0.3) is 0 Å². The second kappa shape index (κ2) is 10.1. The van der Waals surface area contributed by atoms with E-state index in [-0.39, 0.29) is 18.2 Å². The van der Waals surface area contributed by atoms with Gasteiger partial charge >= 0.3 is 6.18 Å². The molecule has 1 aliphatic heterocycles. The van der Waals surface area contributed by atoms with E-state index in [0.29, 0.717) is 45.6 Å². The van der Waals surface area contributed by atoms with Gasteiger partial charge in [-0.1, -0.05) is 12.1 Å². The van der Waals surface area contributed by atoms with Crippen LogP contribution in [0.5, 0.6) is 0 Å². The molecule has 1 atom stereocenters. The zero-order chi connectivity index (χ0) is 20.6. The molecule has 1 N–H and O–H groups in total. The summed E-state index contributed by atoms with van der Waals surface area (Å²) in [5, 5.41) is 20.1. The molecule has 0 spiro atoms. The van der Waals surface area contributed by atoms with Crippen molar-refractivity contribution in [3.8, 4) is 12.1 Å². The molecule has 0 aliphatic carbocycles. The van der Waals surface area contributed by atoms with Gasteiger partial charge in [0, 0.05) is 39.1 Å². The quantitative estimate of drug-likeness (QED) is 0.770. The number of benzene rings is 1. The van der Waals surface area contributed by atoms with Gasteiger partial charge in [0.05, 0.1) is 35.9 Å². The first-order chi connectivity index (χ1) is 13.3. The fraction of sp³-hybridized carbons (Fsp3) is 0.526. The Morgan fingerprint density at radius 1 is 1.14 bits per heavy atom. The molecular weight excluding hydrogens is 371 g/mol. The number of halogens is 3. The lowest BCUT2D eigenvalue weighted by Gasteiger charge is -2.35. The van der Waals surface area contributed by atoms with Crippen LogP contribution in [0.15, 0.2) is 24.3 Å². The van der Waals surface area contributed by atoms with Crippen molar-refractivity contribution in [1.82, 2.24) is 9.80 Å². The summed E-state index contributed by atoms with van der Waals surface area (Å²) >= 11 is 0. The maximum atomic E-state index is 13.0. The van der Waals surface area contributed by atoms with Crippen molar-refractivity contribution in [1.29, 1.82) is 10.5 Å². The largest absolute Gasteiger partial charge is 0.418 e. The molecule has 1 aromatic rings. The van der Waals surface area contributed by atoms with Crippen LogP contribution in [-0.4, -0.2) is 55.0 Å². The van der Waals surface area contributed by atoms with Gasteiger partial charge in [-0.3, -0.25) is 14.6 Å². The lowest BCUT2D eigenvalue weighted by molar-refractivity contribution is -0.137. The van der Waals surface area contributed by atoms with Gasteiger partial charge in [-0.15, -0.1) is 0 Å². The van der Waals surface area contributed by atoms with Crippen LogP contribution >= 0.6 is 0 Å². The number of hydrogen-bond donors (Lipinski definition) is 1. The van der Waals surface area contributed by atoms with Gasteiger partial charge in [-0.05, 0) is 18.6 Å². The summed E-state index contributed by atoms with van der Waals surface area (Å²) in [5.41, 5.74) is -1.11. The third-order valence-corrected chi connectivity index (χ3v) is 4.60. The number of nitrogens with one attached hydrogen (secondary N) is 1. The average molecular weight is 393 g/mol. The number of alkyl halides is 3. The lowest BCUT2D eigenvalue weighted by atomic mass is 10.0. The summed E-state index contributed by atoms with van der Waals surface area (Å²) in [6, 6.07) is 9.15. The fourth-order valence-corrected chi connectivity index (χ4v) is 3.11. The van der Waals surface area contributed by atoms with Crippen molar-refractivity contribution in [2.75, 3.05) is 44.6 Å². The molecule has 6 nitrogen and oxygen atoms in total. The summed E-state index contributed by atoms with van der Waals surface area (Å²) in [7, 11) is 0. The minimum Gasteiger partial charge on any atom is -0.324 e. The summed E-state index contributed by atoms with van der Waals surface area (Å²) < 4.78 is 39.0. The third kappa shape index (κ3) is 6.52. The van der Waals surface area contributed by atoms with Crippen LogP contribution in [0.1, 0.15) is 18.4 Å². The maximum Gasteiger partial charge on any atom is 0.418 e. The average Bonchev–Trinajstić information content (AvgIpc) is 2.66. The molecule has 1 fully saturated rings. The third-order valence-electron chi connectivity index (χ3n) is 4.60. The Morgan fingerprint density at radius 3 is 2.39 bits per heavy atom. The smallest absolute Gasteiger partial charge is 0.324 e. The van der Waals surface area contributed by atoms with Gasteiger partial charge < -0.3 is 5.32 Å².